The van der Waals surface area contributed by atoms with Gasteiger partial charge in [-0.1, -0.05) is 60.7 Å². The first-order valence-electron chi connectivity index (χ1n) is 14.7. The lowest BCUT2D eigenvalue weighted by Crippen LogP contribution is -2.67. The summed E-state index contributed by atoms with van der Waals surface area (Å²) < 4.78 is 60.9. The molecule has 6 atom stereocenters. The molecule has 2 aromatic carbocycles. The van der Waals surface area contributed by atoms with Crippen molar-refractivity contribution in [2.45, 2.75) is 49.8 Å². The van der Waals surface area contributed by atoms with E-state index in [0.717, 1.165) is 11.1 Å². The second kappa shape index (κ2) is 19.3. The zero-order chi connectivity index (χ0) is 29.2. The van der Waals surface area contributed by atoms with Gasteiger partial charge in [-0.3, -0.25) is 0 Å². The molecule has 1 saturated carbocycles. The van der Waals surface area contributed by atoms with Gasteiger partial charge < -0.3 is 47.4 Å². The highest BCUT2D eigenvalue weighted by atomic mass is 16.6. The summed E-state index contributed by atoms with van der Waals surface area (Å²) in [5.74, 6) is 0. The molecule has 1 aliphatic heterocycles. The van der Waals surface area contributed by atoms with Gasteiger partial charge in [0.25, 0.3) is 0 Å². The van der Waals surface area contributed by atoms with Crippen LogP contribution in [0.3, 0.4) is 0 Å². The largest absolute Gasteiger partial charge is 0.377 e. The Morgan fingerprint density at radius 3 is 1.14 bits per heavy atom. The Labute approximate surface area is 249 Å². The molecule has 0 unspecified atom stereocenters. The van der Waals surface area contributed by atoms with Crippen LogP contribution in [0.1, 0.15) is 11.1 Å². The average molecular weight is 591 g/mol. The third kappa shape index (κ3) is 10.3. The van der Waals surface area contributed by atoms with Gasteiger partial charge >= 0.3 is 0 Å². The van der Waals surface area contributed by atoms with E-state index in [1.807, 2.05) is 60.7 Å². The molecule has 1 heterocycles. The van der Waals surface area contributed by atoms with Crippen molar-refractivity contribution in [3.63, 3.8) is 0 Å². The zero-order valence-corrected chi connectivity index (χ0v) is 24.8. The standard InChI is InChI=1S/C32H46O10/c1-33-27-28(34-2)30(42-24-26-11-7-4-8-12-26)32-31(29(27)41-23-25-9-5-3-6-10-25)39-21-19-37-17-15-35-13-14-36-16-18-38-20-22-40-32/h3-12,27-32H,13-24H2,1-2H3/t27-,28-,29+,30+,31-,32+/m0/s1. The Bertz CT molecular complexity index is 871. The highest BCUT2D eigenvalue weighted by Crippen LogP contribution is 2.34. The first kappa shape index (κ1) is 32.9. The van der Waals surface area contributed by atoms with Crippen molar-refractivity contribution in [1.82, 2.24) is 0 Å². The predicted octanol–water partition coefficient (Wildman–Crippen LogP) is 3.05. The normalized spacial score (nSPS) is 29.2. The SMILES string of the molecule is CO[C@H]1[C@H](OC)[C@@H](OCc2ccccc2)[C@H]2OCCOCCOCCOCCOCCO[C@H]2[C@@H]1OCc1ccccc1. The van der Waals surface area contributed by atoms with Gasteiger partial charge in [0.1, 0.15) is 36.6 Å². The summed E-state index contributed by atoms with van der Waals surface area (Å²) in [4.78, 5) is 0. The van der Waals surface area contributed by atoms with E-state index in [2.05, 4.69) is 0 Å². The molecule has 42 heavy (non-hydrogen) atoms. The number of rotatable bonds is 8. The van der Waals surface area contributed by atoms with Gasteiger partial charge in [-0.15, -0.1) is 0 Å². The lowest BCUT2D eigenvalue weighted by atomic mass is 9.83. The van der Waals surface area contributed by atoms with E-state index in [1.165, 1.54) is 0 Å². The van der Waals surface area contributed by atoms with Gasteiger partial charge in [0.2, 0.25) is 0 Å². The van der Waals surface area contributed by atoms with Gasteiger partial charge in [-0.2, -0.15) is 0 Å². The van der Waals surface area contributed by atoms with Gasteiger partial charge in [0, 0.05) is 14.2 Å². The number of hydrogen-bond donors (Lipinski definition) is 0. The van der Waals surface area contributed by atoms with Crippen LogP contribution in [0.2, 0.25) is 0 Å². The van der Waals surface area contributed by atoms with Crippen LogP contribution < -0.4 is 0 Å². The van der Waals surface area contributed by atoms with Crippen LogP contribution in [0.4, 0.5) is 0 Å². The van der Waals surface area contributed by atoms with Crippen LogP contribution in [-0.2, 0) is 60.6 Å². The Morgan fingerprint density at radius 1 is 0.476 bits per heavy atom. The zero-order valence-electron chi connectivity index (χ0n) is 24.8. The van der Waals surface area contributed by atoms with E-state index in [-0.39, 0.29) is 0 Å². The van der Waals surface area contributed by atoms with Crippen molar-refractivity contribution in [1.29, 1.82) is 0 Å². The molecule has 0 aromatic heterocycles. The summed E-state index contributed by atoms with van der Waals surface area (Å²) in [6.45, 7) is 5.08. The van der Waals surface area contributed by atoms with Crippen LogP contribution >= 0.6 is 0 Å². The monoisotopic (exact) mass is 590 g/mol. The fraction of sp³-hybridized carbons (Fsp3) is 0.625. The van der Waals surface area contributed by atoms with E-state index in [9.17, 15) is 0 Å². The first-order valence-corrected chi connectivity index (χ1v) is 14.7. The fourth-order valence-corrected chi connectivity index (χ4v) is 5.20. The van der Waals surface area contributed by atoms with Gasteiger partial charge in [-0.05, 0) is 11.1 Å². The number of ether oxygens (including phenoxy) is 10. The third-order valence-corrected chi connectivity index (χ3v) is 7.25. The van der Waals surface area contributed by atoms with Crippen molar-refractivity contribution in [2.24, 2.45) is 0 Å². The molecule has 0 spiro atoms. The van der Waals surface area contributed by atoms with E-state index >= 15 is 0 Å². The summed E-state index contributed by atoms with van der Waals surface area (Å²) in [6, 6.07) is 20.0. The lowest BCUT2D eigenvalue weighted by Gasteiger charge is -2.49. The van der Waals surface area contributed by atoms with Crippen molar-refractivity contribution in [3.05, 3.63) is 71.8 Å². The number of hydrogen-bond acceptors (Lipinski definition) is 10. The van der Waals surface area contributed by atoms with Crippen LogP contribution in [0.15, 0.2) is 60.7 Å². The summed E-state index contributed by atoms with van der Waals surface area (Å²) >= 11 is 0. The molecular formula is C32H46O10. The maximum atomic E-state index is 6.55. The molecule has 1 saturated heterocycles. The Hall–Kier alpha value is -1.96. The van der Waals surface area contributed by atoms with Crippen LogP contribution in [0.25, 0.3) is 0 Å². The first-order chi connectivity index (χ1) is 20.8. The molecule has 0 N–H and O–H groups in total. The Morgan fingerprint density at radius 2 is 0.810 bits per heavy atom. The van der Waals surface area contributed by atoms with Crippen LogP contribution in [-0.4, -0.2) is 117 Å². The minimum atomic E-state index is -0.534. The third-order valence-electron chi connectivity index (χ3n) is 7.25. The molecule has 10 nitrogen and oxygen atoms in total. The molecular weight excluding hydrogens is 544 g/mol. The lowest BCUT2D eigenvalue weighted by molar-refractivity contribution is -0.280. The fourth-order valence-electron chi connectivity index (χ4n) is 5.20. The summed E-state index contributed by atoms with van der Waals surface area (Å²) in [6.07, 6.45) is -3.05. The van der Waals surface area contributed by atoms with Gasteiger partial charge in [-0.25, -0.2) is 0 Å². The smallest absolute Gasteiger partial charge is 0.115 e. The minimum Gasteiger partial charge on any atom is -0.377 e. The van der Waals surface area contributed by atoms with Gasteiger partial charge in [0.15, 0.2) is 0 Å². The van der Waals surface area contributed by atoms with Crippen molar-refractivity contribution in [2.75, 3.05) is 80.3 Å². The van der Waals surface area contributed by atoms with Crippen molar-refractivity contribution >= 4 is 0 Å². The predicted molar refractivity (Wildman–Crippen MR) is 154 cm³/mol. The molecule has 4 rings (SSSR count). The molecule has 234 valence electrons. The molecule has 0 bridgehead atoms. The van der Waals surface area contributed by atoms with E-state index in [1.54, 1.807) is 14.2 Å². The molecule has 1 aliphatic carbocycles. The maximum absolute atomic E-state index is 6.55. The van der Waals surface area contributed by atoms with E-state index in [0.29, 0.717) is 79.3 Å². The highest BCUT2D eigenvalue weighted by Gasteiger charge is 2.54. The number of benzene rings is 2. The topological polar surface area (TPSA) is 92.3 Å². The molecule has 0 amide bonds. The maximum Gasteiger partial charge on any atom is 0.115 e. The second-order valence-electron chi connectivity index (χ2n) is 10.0. The molecule has 2 aromatic rings. The second-order valence-corrected chi connectivity index (χ2v) is 10.0. The average Bonchev–Trinajstić information content (AvgIpc) is 3.03. The molecule has 0 radical (unpaired) electrons. The summed E-state index contributed by atoms with van der Waals surface area (Å²) in [5, 5.41) is 0. The van der Waals surface area contributed by atoms with Crippen molar-refractivity contribution in [3.8, 4) is 0 Å². The summed E-state index contributed by atoms with van der Waals surface area (Å²) in [5.41, 5.74) is 2.08. The molecule has 2 fully saturated rings. The molecule has 2 aliphatic rings. The quantitative estimate of drug-likeness (QED) is 0.457. The highest BCUT2D eigenvalue weighted by molar-refractivity contribution is 5.15. The molecule has 10 heteroatoms. The Kier molecular flexibility index (Phi) is 15.2. The Balaban J connectivity index is 1.56. The van der Waals surface area contributed by atoms with E-state index in [4.69, 9.17) is 47.4 Å². The number of methoxy groups -OCH3 is 2. The van der Waals surface area contributed by atoms with E-state index < -0.39 is 36.6 Å². The van der Waals surface area contributed by atoms with Crippen LogP contribution in [0.5, 0.6) is 0 Å². The van der Waals surface area contributed by atoms with Gasteiger partial charge in [0.05, 0.1) is 79.3 Å². The number of fused-ring (bicyclic) bond motifs is 1. The minimum absolute atomic E-state index is 0.328. The summed E-state index contributed by atoms with van der Waals surface area (Å²) in [7, 11) is 3.32. The van der Waals surface area contributed by atoms with Crippen molar-refractivity contribution < 1.29 is 47.4 Å². The van der Waals surface area contributed by atoms with Crippen LogP contribution in [0, 0.1) is 0 Å².